The molecule has 1 N–H and O–H groups in total. The fraction of sp³-hybridized carbons (Fsp3) is 0.217. The van der Waals surface area contributed by atoms with Gasteiger partial charge in [0, 0.05) is 29.9 Å². The maximum atomic E-state index is 12.6. The fourth-order valence-electron chi connectivity index (χ4n) is 3.85. The number of nitrogens with zero attached hydrogens (tertiary/aromatic N) is 2. The first-order valence-electron chi connectivity index (χ1n) is 9.73. The molecule has 29 heavy (non-hydrogen) atoms. The van der Waals surface area contributed by atoms with Crippen molar-refractivity contribution in [3.63, 3.8) is 0 Å². The summed E-state index contributed by atoms with van der Waals surface area (Å²) in [6.07, 6.45) is 5.73. The Labute approximate surface area is 185 Å². The number of benzene rings is 2. The number of amides is 1. The number of aromatic nitrogens is 1. The average Bonchev–Trinajstić information content (AvgIpc) is 3.31. The molecular formula is C23H22BrN3OS. The molecule has 2 aliphatic rings. The summed E-state index contributed by atoms with van der Waals surface area (Å²) in [5, 5.41) is 4.02. The van der Waals surface area contributed by atoms with Gasteiger partial charge in [-0.15, -0.1) is 17.0 Å². The van der Waals surface area contributed by atoms with Crippen LogP contribution in [0.4, 0.5) is 10.8 Å². The fourth-order valence-corrected chi connectivity index (χ4v) is 4.94. The van der Waals surface area contributed by atoms with Gasteiger partial charge in [-0.05, 0) is 31.4 Å². The van der Waals surface area contributed by atoms with Crippen LogP contribution in [0, 0.1) is 0 Å². The van der Waals surface area contributed by atoms with E-state index in [2.05, 4.69) is 22.3 Å². The number of rotatable bonds is 3. The lowest BCUT2D eigenvalue weighted by atomic mass is 10.0. The summed E-state index contributed by atoms with van der Waals surface area (Å²) in [4.78, 5) is 21.0. The number of halogens is 1. The molecule has 0 aliphatic carbocycles. The van der Waals surface area contributed by atoms with Crippen LogP contribution in [0.3, 0.4) is 0 Å². The number of nitrogens with one attached hydrogen (secondary N) is 1. The van der Waals surface area contributed by atoms with Crippen LogP contribution in [0.25, 0.3) is 22.9 Å². The molecule has 0 saturated carbocycles. The molecule has 0 radical (unpaired) electrons. The summed E-state index contributed by atoms with van der Waals surface area (Å²) in [6, 6.07) is 18.1. The van der Waals surface area contributed by atoms with Crippen molar-refractivity contribution in [1.82, 2.24) is 4.98 Å². The first kappa shape index (κ1) is 19.9. The monoisotopic (exact) mass is 467 g/mol. The highest BCUT2D eigenvalue weighted by Crippen LogP contribution is 2.39. The van der Waals surface area contributed by atoms with Crippen molar-refractivity contribution in [1.29, 1.82) is 0 Å². The second-order valence-corrected chi connectivity index (χ2v) is 8.19. The van der Waals surface area contributed by atoms with E-state index in [-0.39, 0.29) is 22.9 Å². The number of para-hydroxylation sites is 1. The van der Waals surface area contributed by atoms with Gasteiger partial charge < -0.3 is 10.2 Å². The zero-order valence-corrected chi connectivity index (χ0v) is 18.5. The zero-order valence-electron chi connectivity index (χ0n) is 15.9. The molecular weight excluding hydrogens is 446 g/mol. The number of thiazole rings is 1. The normalized spacial score (nSPS) is 17.0. The van der Waals surface area contributed by atoms with E-state index < -0.39 is 0 Å². The van der Waals surface area contributed by atoms with Gasteiger partial charge in [-0.3, -0.25) is 4.79 Å². The lowest BCUT2D eigenvalue weighted by Gasteiger charge is -2.25. The molecule has 1 saturated heterocycles. The van der Waals surface area contributed by atoms with Crippen molar-refractivity contribution in [3.05, 3.63) is 65.0 Å². The molecule has 0 unspecified atom stereocenters. The molecule has 6 heteroatoms. The summed E-state index contributed by atoms with van der Waals surface area (Å²) in [6.45, 7) is 2.11. The molecule has 4 nitrogen and oxygen atoms in total. The standard InChI is InChI=1S/C23H21N3OS.BrH/c27-22-18(17-11-5-6-12-19(17)24-22)15-20-21(16-9-3-1-4-10-16)25-23(28-20)26-13-7-2-8-14-26;/h1,3-6,9-12,15H,2,7-8,13-14H2,(H,24,27);1H/b18-15-;. The van der Waals surface area contributed by atoms with Crippen molar-refractivity contribution >= 4 is 56.7 Å². The molecule has 1 amide bonds. The Kier molecular flexibility index (Phi) is 5.83. The van der Waals surface area contributed by atoms with Gasteiger partial charge in [-0.2, -0.15) is 0 Å². The number of hydrogen-bond acceptors (Lipinski definition) is 4. The summed E-state index contributed by atoms with van der Waals surface area (Å²) >= 11 is 1.68. The molecule has 148 valence electrons. The second kappa shape index (κ2) is 8.51. The average molecular weight is 468 g/mol. The van der Waals surface area contributed by atoms with Gasteiger partial charge in [0.1, 0.15) is 0 Å². The maximum absolute atomic E-state index is 12.6. The highest BCUT2D eigenvalue weighted by molar-refractivity contribution is 8.93. The van der Waals surface area contributed by atoms with E-state index in [1.54, 1.807) is 11.3 Å². The highest BCUT2D eigenvalue weighted by atomic mass is 79.9. The Balaban J connectivity index is 0.00000205. The minimum atomic E-state index is -0.0480. The molecule has 1 aromatic heterocycles. The van der Waals surface area contributed by atoms with E-state index >= 15 is 0 Å². The number of anilines is 2. The van der Waals surface area contributed by atoms with Gasteiger partial charge in [0.25, 0.3) is 5.91 Å². The van der Waals surface area contributed by atoms with Crippen LogP contribution in [0.15, 0.2) is 54.6 Å². The van der Waals surface area contributed by atoms with Gasteiger partial charge in [-0.1, -0.05) is 59.9 Å². The summed E-state index contributed by atoms with van der Waals surface area (Å²) in [7, 11) is 0. The molecule has 0 bridgehead atoms. The van der Waals surface area contributed by atoms with Crippen LogP contribution in [0.1, 0.15) is 29.7 Å². The zero-order chi connectivity index (χ0) is 18.9. The van der Waals surface area contributed by atoms with E-state index in [1.807, 2.05) is 48.5 Å². The molecule has 1 fully saturated rings. The van der Waals surface area contributed by atoms with Crippen LogP contribution in [0.2, 0.25) is 0 Å². The van der Waals surface area contributed by atoms with Crippen molar-refractivity contribution in [2.75, 3.05) is 23.3 Å². The summed E-state index contributed by atoms with van der Waals surface area (Å²) in [5.74, 6) is -0.0480. The molecule has 2 aromatic carbocycles. The SMILES string of the molecule is Br.O=C1Nc2ccccc2/C1=C/c1sc(N2CCCCC2)nc1-c1ccccc1. The lowest BCUT2D eigenvalue weighted by molar-refractivity contribution is -0.110. The third-order valence-electron chi connectivity index (χ3n) is 5.30. The summed E-state index contributed by atoms with van der Waals surface area (Å²) in [5.41, 5.74) is 4.58. The highest BCUT2D eigenvalue weighted by Gasteiger charge is 2.25. The van der Waals surface area contributed by atoms with Crippen LogP contribution in [0.5, 0.6) is 0 Å². The number of fused-ring (bicyclic) bond motifs is 1. The van der Waals surface area contributed by atoms with Crippen molar-refractivity contribution in [2.45, 2.75) is 19.3 Å². The Morgan fingerprint density at radius 1 is 0.966 bits per heavy atom. The first-order chi connectivity index (χ1) is 13.8. The lowest BCUT2D eigenvalue weighted by Crippen LogP contribution is -2.29. The minimum absolute atomic E-state index is 0. The largest absolute Gasteiger partial charge is 0.348 e. The van der Waals surface area contributed by atoms with E-state index in [1.165, 1.54) is 19.3 Å². The van der Waals surface area contributed by atoms with E-state index in [9.17, 15) is 4.79 Å². The Morgan fingerprint density at radius 3 is 2.48 bits per heavy atom. The van der Waals surface area contributed by atoms with Crippen LogP contribution < -0.4 is 10.2 Å². The smallest absolute Gasteiger partial charge is 0.256 e. The third-order valence-corrected chi connectivity index (χ3v) is 6.36. The maximum Gasteiger partial charge on any atom is 0.256 e. The van der Waals surface area contributed by atoms with Crippen molar-refractivity contribution in [2.24, 2.45) is 0 Å². The number of piperidine rings is 1. The van der Waals surface area contributed by atoms with Crippen molar-refractivity contribution < 1.29 is 4.79 Å². The Morgan fingerprint density at radius 2 is 1.69 bits per heavy atom. The molecule has 3 heterocycles. The molecule has 3 aromatic rings. The quantitative estimate of drug-likeness (QED) is 0.489. The van der Waals surface area contributed by atoms with Gasteiger partial charge in [0.2, 0.25) is 0 Å². The Hall–Kier alpha value is -2.44. The number of carbonyl (C=O) groups excluding carboxylic acids is 1. The van der Waals surface area contributed by atoms with E-state index in [4.69, 9.17) is 4.98 Å². The summed E-state index contributed by atoms with van der Waals surface area (Å²) < 4.78 is 0. The number of hydrogen-bond donors (Lipinski definition) is 1. The molecule has 2 aliphatic heterocycles. The van der Waals surface area contributed by atoms with Crippen LogP contribution in [-0.2, 0) is 4.79 Å². The third kappa shape index (κ3) is 3.87. The Bertz CT molecular complexity index is 1050. The van der Waals surface area contributed by atoms with E-state index in [0.717, 1.165) is 45.6 Å². The van der Waals surface area contributed by atoms with Gasteiger partial charge in [0.15, 0.2) is 5.13 Å². The second-order valence-electron chi connectivity index (χ2n) is 7.18. The topological polar surface area (TPSA) is 45.2 Å². The van der Waals surface area contributed by atoms with E-state index in [0.29, 0.717) is 5.57 Å². The van der Waals surface area contributed by atoms with Gasteiger partial charge in [-0.25, -0.2) is 4.98 Å². The first-order valence-corrected chi connectivity index (χ1v) is 10.5. The molecule has 0 spiro atoms. The predicted molar refractivity (Wildman–Crippen MR) is 127 cm³/mol. The number of carbonyl (C=O) groups is 1. The molecule has 0 atom stereocenters. The predicted octanol–water partition coefficient (Wildman–Crippen LogP) is 5.87. The van der Waals surface area contributed by atoms with Crippen molar-refractivity contribution in [3.8, 4) is 11.3 Å². The van der Waals surface area contributed by atoms with Crippen LogP contribution >= 0.6 is 28.3 Å². The van der Waals surface area contributed by atoms with Gasteiger partial charge in [0.05, 0.1) is 16.1 Å². The molecule has 5 rings (SSSR count). The van der Waals surface area contributed by atoms with Crippen LogP contribution in [-0.4, -0.2) is 24.0 Å². The van der Waals surface area contributed by atoms with Gasteiger partial charge >= 0.3 is 0 Å². The minimum Gasteiger partial charge on any atom is -0.348 e.